The Hall–Kier alpha value is -0.880. The van der Waals surface area contributed by atoms with Gasteiger partial charge in [-0.05, 0) is 31.5 Å². The second kappa shape index (κ2) is 7.34. The fourth-order valence-electron chi connectivity index (χ4n) is 3.14. The molecule has 2 fully saturated rings. The van der Waals surface area contributed by atoms with Crippen LogP contribution in [0.2, 0.25) is 10.0 Å². The number of hydrogen-bond donors (Lipinski definition) is 1. The molecule has 0 saturated carbocycles. The molecular formula is C16H19Cl2FN2O2. The standard InChI is InChI=1S/C16H19Cl2FN2O2/c17-12-7-13(18)14(19)6-11(12)15-9-21(4-5-23-15)16(22)10-2-1-3-20-8-10/h6-7,10,15,20H,1-5,8-9H2. The molecule has 2 saturated heterocycles. The Morgan fingerprint density at radius 3 is 2.91 bits per heavy atom. The minimum atomic E-state index is -0.533. The molecule has 2 aliphatic heterocycles. The SMILES string of the molecule is O=C(C1CCCNC1)N1CCOC(c2cc(F)c(Cl)cc2Cl)C1. The molecule has 2 atom stereocenters. The number of hydrogen-bond acceptors (Lipinski definition) is 3. The number of nitrogens with zero attached hydrogens (tertiary/aromatic N) is 1. The fourth-order valence-corrected chi connectivity index (χ4v) is 3.65. The van der Waals surface area contributed by atoms with Crippen molar-refractivity contribution in [2.45, 2.75) is 18.9 Å². The summed E-state index contributed by atoms with van der Waals surface area (Å²) in [5.74, 6) is -0.384. The van der Waals surface area contributed by atoms with Crippen molar-refractivity contribution >= 4 is 29.1 Å². The van der Waals surface area contributed by atoms with Crippen LogP contribution in [-0.2, 0) is 9.53 Å². The van der Waals surface area contributed by atoms with E-state index in [0.29, 0.717) is 30.3 Å². The number of rotatable bonds is 2. The van der Waals surface area contributed by atoms with Crippen molar-refractivity contribution in [1.29, 1.82) is 0 Å². The summed E-state index contributed by atoms with van der Waals surface area (Å²) in [6.07, 6.45) is 1.49. The molecule has 4 nitrogen and oxygen atoms in total. The van der Waals surface area contributed by atoms with Crippen LogP contribution >= 0.6 is 23.2 Å². The lowest BCUT2D eigenvalue weighted by molar-refractivity contribution is -0.143. The summed E-state index contributed by atoms with van der Waals surface area (Å²) >= 11 is 11.9. The molecule has 1 aromatic carbocycles. The molecule has 0 aliphatic carbocycles. The molecule has 1 N–H and O–H groups in total. The second-order valence-corrected chi connectivity index (χ2v) is 6.79. The summed E-state index contributed by atoms with van der Waals surface area (Å²) in [6.45, 7) is 3.04. The normalized spacial score (nSPS) is 25.4. The van der Waals surface area contributed by atoms with Crippen molar-refractivity contribution in [1.82, 2.24) is 10.2 Å². The Kier molecular flexibility index (Phi) is 5.42. The minimum Gasteiger partial charge on any atom is -0.370 e. The first-order valence-electron chi connectivity index (χ1n) is 7.82. The molecule has 2 aliphatic rings. The number of benzene rings is 1. The highest BCUT2D eigenvalue weighted by molar-refractivity contribution is 6.35. The Labute approximate surface area is 144 Å². The van der Waals surface area contributed by atoms with Crippen LogP contribution in [0.1, 0.15) is 24.5 Å². The van der Waals surface area contributed by atoms with E-state index >= 15 is 0 Å². The number of amides is 1. The topological polar surface area (TPSA) is 41.6 Å². The van der Waals surface area contributed by atoms with Crippen LogP contribution in [0.25, 0.3) is 0 Å². The second-order valence-electron chi connectivity index (χ2n) is 5.97. The first-order valence-corrected chi connectivity index (χ1v) is 8.57. The van der Waals surface area contributed by atoms with Crippen molar-refractivity contribution in [3.63, 3.8) is 0 Å². The lowest BCUT2D eigenvalue weighted by Crippen LogP contribution is -2.48. The van der Waals surface area contributed by atoms with Crippen LogP contribution in [0, 0.1) is 11.7 Å². The minimum absolute atomic E-state index is 0.0138. The maximum atomic E-state index is 13.7. The number of halogens is 3. The Morgan fingerprint density at radius 1 is 1.35 bits per heavy atom. The monoisotopic (exact) mass is 360 g/mol. The van der Waals surface area contributed by atoms with E-state index < -0.39 is 11.9 Å². The average Bonchev–Trinajstić information content (AvgIpc) is 2.58. The number of morpholine rings is 1. The summed E-state index contributed by atoms with van der Waals surface area (Å²) in [7, 11) is 0. The predicted octanol–water partition coefficient (Wildman–Crippen LogP) is 3.03. The summed E-state index contributed by atoms with van der Waals surface area (Å²) in [6, 6.07) is 2.68. The first kappa shape index (κ1) is 17.0. The van der Waals surface area contributed by atoms with Gasteiger partial charge in [-0.25, -0.2) is 4.39 Å². The number of carbonyl (C=O) groups excluding carboxylic acids is 1. The van der Waals surface area contributed by atoms with E-state index in [-0.39, 0.29) is 16.8 Å². The maximum absolute atomic E-state index is 13.7. The van der Waals surface area contributed by atoms with Gasteiger partial charge in [0.15, 0.2) is 0 Å². The highest BCUT2D eigenvalue weighted by Gasteiger charge is 2.31. The molecule has 2 heterocycles. The lowest BCUT2D eigenvalue weighted by atomic mass is 9.97. The van der Waals surface area contributed by atoms with Gasteiger partial charge in [-0.3, -0.25) is 4.79 Å². The smallest absolute Gasteiger partial charge is 0.227 e. The number of carbonyl (C=O) groups is 1. The van der Waals surface area contributed by atoms with Gasteiger partial charge in [0, 0.05) is 23.7 Å². The molecule has 0 aromatic heterocycles. The van der Waals surface area contributed by atoms with E-state index in [0.717, 1.165) is 25.9 Å². The van der Waals surface area contributed by atoms with Gasteiger partial charge in [0.2, 0.25) is 5.91 Å². The highest BCUT2D eigenvalue weighted by Crippen LogP contribution is 2.32. The summed E-state index contributed by atoms with van der Waals surface area (Å²) in [5, 5.41) is 3.60. The van der Waals surface area contributed by atoms with Gasteiger partial charge in [0.25, 0.3) is 0 Å². The van der Waals surface area contributed by atoms with Gasteiger partial charge in [-0.1, -0.05) is 23.2 Å². The molecule has 7 heteroatoms. The van der Waals surface area contributed by atoms with E-state index in [9.17, 15) is 9.18 Å². The van der Waals surface area contributed by atoms with Crippen molar-refractivity contribution in [3.05, 3.63) is 33.6 Å². The Bertz CT molecular complexity index is 594. The van der Waals surface area contributed by atoms with Crippen LogP contribution in [0.5, 0.6) is 0 Å². The molecule has 23 heavy (non-hydrogen) atoms. The fraction of sp³-hybridized carbons (Fsp3) is 0.562. The number of ether oxygens (including phenoxy) is 1. The zero-order valence-corrected chi connectivity index (χ0v) is 14.2. The Morgan fingerprint density at radius 2 is 2.17 bits per heavy atom. The van der Waals surface area contributed by atoms with Gasteiger partial charge in [-0.15, -0.1) is 0 Å². The third-order valence-corrected chi connectivity index (χ3v) is 5.03. The Balaban J connectivity index is 1.73. The van der Waals surface area contributed by atoms with Crippen LogP contribution in [0.15, 0.2) is 12.1 Å². The van der Waals surface area contributed by atoms with Crippen molar-refractivity contribution in [2.24, 2.45) is 5.92 Å². The summed E-state index contributed by atoms with van der Waals surface area (Å²) in [4.78, 5) is 14.4. The third kappa shape index (κ3) is 3.79. The molecule has 1 aromatic rings. The molecular weight excluding hydrogens is 342 g/mol. The molecule has 0 radical (unpaired) electrons. The van der Waals surface area contributed by atoms with Crippen molar-refractivity contribution in [2.75, 3.05) is 32.8 Å². The van der Waals surface area contributed by atoms with E-state index in [1.54, 1.807) is 4.90 Å². The quantitative estimate of drug-likeness (QED) is 0.824. The molecule has 3 rings (SSSR count). The summed E-state index contributed by atoms with van der Waals surface area (Å²) in [5.41, 5.74) is 0.535. The molecule has 2 unspecified atom stereocenters. The van der Waals surface area contributed by atoms with Crippen LogP contribution in [-0.4, -0.2) is 43.6 Å². The zero-order chi connectivity index (χ0) is 16.4. The zero-order valence-electron chi connectivity index (χ0n) is 12.7. The lowest BCUT2D eigenvalue weighted by Gasteiger charge is -2.36. The van der Waals surface area contributed by atoms with Gasteiger partial charge < -0.3 is 15.0 Å². The van der Waals surface area contributed by atoms with E-state index in [4.69, 9.17) is 27.9 Å². The van der Waals surface area contributed by atoms with E-state index in [1.165, 1.54) is 12.1 Å². The molecule has 0 bridgehead atoms. The third-order valence-electron chi connectivity index (χ3n) is 4.41. The van der Waals surface area contributed by atoms with Gasteiger partial charge in [0.1, 0.15) is 11.9 Å². The van der Waals surface area contributed by atoms with Crippen LogP contribution in [0.3, 0.4) is 0 Å². The van der Waals surface area contributed by atoms with Crippen molar-refractivity contribution < 1.29 is 13.9 Å². The van der Waals surface area contributed by atoms with E-state index in [1.807, 2.05) is 0 Å². The maximum Gasteiger partial charge on any atom is 0.227 e. The number of piperidine rings is 1. The highest BCUT2D eigenvalue weighted by atomic mass is 35.5. The van der Waals surface area contributed by atoms with Gasteiger partial charge in [0.05, 0.1) is 24.1 Å². The molecule has 126 valence electrons. The largest absolute Gasteiger partial charge is 0.370 e. The van der Waals surface area contributed by atoms with Gasteiger partial charge in [-0.2, -0.15) is 0 Å². The van der Waals surface area contributed by atoms with Gasteiger partial charge >= 0.3 is 0 Å². The van der Waals surface area contributed by atoms with Crippen LogP contribution in [0.4, 0.5) is 4.39 Å². The first-order chi connectivity index (χ1) is 11.1. The summed E-state index contributed by atoms with van der Waals surface area (Å²) < 4.78 is 19.4. The predicted molar refractivity (Wildman–Crippen MR) is 87.3 cm³/mol. The average molecular weight is 361 g/mol. The van der Waals surface area contributed by atoms with Crippen LogP contribution < -0.4 is 5.32 Å². The number of nitrogens with one attached hydrogen (secondary N) is 1. The molecule has 1 amide bonds. The van der Waals surface area contributed by atoms with E-state index in [2.05, 4.69) is 5.32 Å². The van der Waals surface area contributed by atoms with Crippen molar-refractivity contribution in [3.8, 4) is 0 Å². The molecule has 0 spiro atoms.